The number of halogens is 3. The van der Waals surface area contributed by atoms with E-state index in [0.29, 0.717) is 17.9 Å². The number of ether oxygens (including phenoxy) is 2. The molecule has 1 heterocycles. The monoisotopic (exact) mass is 448 g/mol. The summed E-state index contributed by atoms with van der Waals surface area (Å²) in [5.74, 6) is -0.578. The maximum atomic E-state index is 13.1. The van der Waals surface area contributed by atoms with Crippen molar-refractivity contribution in [2.45, 2.75) is 19.5 Å². The molecular weight excluding hydrogens is 425 g/mol. The molecule has 3 rings (SSSR count). The van der Waals surface area contributed by atoms with Gasteiger partial charge in [0.25, 0.3) is 11.8 Å². The number of hydrogen-bond donors (Lipinski definition) is 1. The Morgan fingerprint density at radius 2 is 1.72 bits per heavy atom. The Morgan fingerprint density at radius 1 is 1.00 bits per heavy atom. The molecule has 9 heteroatoms. The van der Waals surface area contributed by atoms with Gasteiger partial charge in [-0.25, -0.2) is 0 Å². The van der Waals surface area contributed by atoms with Crippen LogP contribution in [-0.4, -0.2) is 43.6 Å². The Kier molecular flexibility index (Phi) is 7.19. The van der Waals surface area contributed by atoms with Gasteiger partial charge in [0.05, 0.1) is 30.9 Å². The SMILES string of the molecule is CCCOc1ccc(C2=C(Nc3cccc(C(F)(F)F)c3)C(=O)N(CCOC)C2=O)cc1. The third-order valence-corrected chi connectivity index (χ3v) is 4.76. The van der Waals surface area contributed by atoms with Crippen LogP contribution in [0.2, 0.25) is 0 Å². The standard InChI is InChI=1S/C23H23F3N2O4/c1-3-12-32-18-9-7-15(8-10-18)19-20(22(30)28(21(19)29)11-13-31-2)27-17-6-4-5-16(14-17)23(24,25)26/h4-10,14,27H,3,11-13H2,1-2H3. The number of amides is 2. The average Bonchev–Trinajstić information content (AvgIpc) is 3.00. The highest BCUT2D eigenvalue weighted by molar-refractivity contribution is 6.36. The summed E-state index contributed by atoms with van der Waals surface area (Å²) in [6.45, 7) is 2.66. The van der Waals surface area contributed by atoms with Crippen molar-refractivity contribution >= 4 is 23.1 Å². The zero-order valence-electron chi connectivity index (χ0n) is 17.7. The minimum Gasteiger partial charge on any atom is -0.494 e. The van der Waals surface area contributed by atoms with E-state index in [1.54, 1.807) is 24.3 Å². The number of anilines is 1. The summed E-state index contributed by atoms with van der Waals surface area (Å²) in [6, 6.07) is 11.1. The van der Waals surface area contributed by atoms with Crippen LogP contribution in [-0.2, 0) is 20.5 Å². The molecule has 0 saturated carbocycles. The van der Waals surface area contributed by atoms with E-state index in [-0.39, 0.29) is 30.1 Å². The normalized spacial score (nSPS) is 14.3. The molecule has 1 N–H and O–H groups in total. The summed E-state index contributed by atoms with van der Waals surface area (Å²) < 4.78 is 49.8. The van der Waals surface area contributed by atoms with Crippen LogP contribution in [0.15, 0.2) is 54.2 Å². The molecule has 0 spiro atoms. The van der Waals surface area contributed by atoms with Gasteiger partial charge >= 0.3 is 6.18 Å². The van der Waals surface area contributed by atoms with E-state index in [1.165, 1.54) is 19.2 Å². The van der Waals surface area contributed by atoms with Gasteiger partial charge in [-0.1, -0.05) is 25.1 Å². The Bertz CT molecular complexity index is 1020. The number of nitrogens with one attached hydrogen (secondary N) is 1. The highest BCUT2D eigenvalue weighted by Crippen LogP contribution is 2.34. The van der Waals surface area contributed by atoms with Crippen LogP contribution in [0.1, 0.15) is 24.5 Å². The van der Waals surface area contributed by atoms with Gasteiger partial charge in [0.2, 0.25) is 0 Å². The maximum Gasteiger partial charge on any atom is 0.416 e. The minimum atomic E-state index is -4.54. The van der Waals surface area contributed by atoms with Gasteiger partial charge in [-0.15, -0.1) is 0 Å². The molecule has 0 aromatic heterocycles. The molecule has 6 nitrogen and oxygen atoms in total. The van der Waals surface area contributed by atoms with E-state index in [4.69, 9.17) is 9.47 Å². The van der Waals surface area contributed by atoms with E-state index in [1.807, 2.05) is 6.92 Å². The fraction of sp³-hybridized carbons (Fsp3) is 0.304. The number of methoxy groups -OCH3 is 1. The van der Waals surface area contributed by atoms with E-state index in [0.717, 1.165) is 23.5 Å². The molecule has 2 aromatic rings. The quantitative estimate of drug-likeness (QED) is 0.579. The molecule has 0 saturated heterocycles. The molecule has 0 bridgehead atoms. The van der Waals surface area contributed by atoms with Crippen molar-refractivity contribution < 1.29 is 32.2 Å². The van der Waals surface area contributed by atoms with E-state index in [2.05, 4.69) is 5.32 Å². The predicted molar refractivity (Wildman–Crippen MR) is 113 cm³/mol. The molecule has 0 atom stereocenters. The van der Waals surface area contributed by atoms with Crippen molar-refractivity contribution in [3.8, 4) is 5.75 Å². The summed E-state index contributed by atoms with van der Waals surface area (Å²) in [5, 5.41) is 2.73. The number of nitrogens with zero attached hydrogens (tertiary/aromatic N) is 1. The number of benzene rings is 2. The lowest BCUT2D eigenvalue weighted by molar-refractivity contribution is -0.138. The summed E-state index contributed by atoms with van der Waals surface area (Å²) in [5.41, 5.74) is -0.389. The van der Waals surface area contributed by atoms with Crippen LogP contribution in [0.5, 0.6) is 5.75 Å². The fourth-order valence-corrected chi connectivity index (χ4v) is 3.20. The second-order valence-electron chi connectivity index (χ2n) is 7.08. The molecule has 2 aromatic carbocycles. The van der Waals surface area contributed by atoms with E-state index < -0.39 is 23.6 Å². The first-order valence-corrected chi connectivity index (χ1v) is 10.0. The number of hydrogen-bond acceptors (Lipinski definition) is 5. The Hall–Kier alpha value is -3.33. The molecule has 1 aliphatic rings. The van der Waals surface area contributed by atoms with Gasteiger partial charge in [-0.3, -0.25) is 14.5 Å². The second-order valence-corrected chi connectivity index (χ2v) is 7.08. The van der Waals surface area contributed by atoms with Crippen LogP contribution >= 0.6 is 0 Å². The smallest absolute Gasteiger partial charge is 0.416 e. The number of imide groups is 1. The van der Waals surface area contributed by atoms with Crippen molar-refractivity contribution in [2.24, 2.45) is 0 Å². The zero-order chi connectivity index (χ0) is 23.3. The summed E-state index contributed by atoms with van der Waals surface area (Å²) in [6.07, 6.45) is -3.71. The third-order valence-electron chi connectivity index (χ3n) is 4.76. The minimum absolute atomic E-state index is 0.0170. The van der Waals surface area contributed by atoms with Crippen molar-refractivity contribution in [1.82, 2.24) is 4.90 Å². The second kappa shape index (κ2) is 9.86. The first-order valence-electron chi connectivity index (χ1n) is 10.0. The fourth-order valence-electron chi connectivity index (χ4n) is 3.20. The molecule has 1 aliphatic heterocycles. The Labute approximate surface area is 183 Å². The highest BCUT2D eigenvalue weighted by atomic mass is 19.4. The first kappa shape index (κ1) is 23.3. The van der Waals surface area contributed by atoms with Gasteiger partial charge in [0.15, 0.2) is 0 Å². The predicted octanol–water partition coefficient (Wildman–Crippen LogP) is 4.33. The van der Waals surface area contributed by atoms with Crippen molar-refractivity contribution in [3.63, 3.8) is 0 Å². The largest absolute Gasteiger partial charge is 0.494 e. The maximum absolute atomic E-state index is 13.1. The van der Waals surface area contributed by atoms with E-state index in [9.17, 15) is 22.8 Å². The molecular formula is C23H23F3N2O4. The zero-order valence-corrected chi connectivity index (χ0v) is 17.7. The number of carbonyl (C=O) groups is 2. The summed E-state index contributed by atoms with van der Waals surface area (Å²) in [7, 11) is 1.44. The molecule has 0 radical (unpaired) electrons. The molecule has 2 amide bonds. The van der Waals surface area contributed by atoms with Gasteiger partial charge < -0.3 is 14.8 Å². The van der Waals surface area contributed by atoms with Crippen molar-refractivity contribution in [1.29, 1.82) is 0 Å². The first-order chi connectivity index (χ1) is 15.3. The molecule has 0 aliphatic carbocycles. The molecule has 0 unspecified atom stereocenters. The Morgan fingerprint density at radius 3 is 2.34 bits per heavy atom. The topological polar surface area (TPSA) is 67.9 Å². The Balaban J connectivity index is 1.99. The highest BCUT2D eigenvalue weighted by Gasteiger charge is 2.39. The van der Waals surface area contributed by atoms with Crippen LogP contribution < -0.4 is 10.1 Å². The number of carbonyl (C=O) groups excluding carboxylic acids is 2. The van der Waals surface area contributed by atoms with Crippen LogP contribution in [0.3, 0.4) is 0 Å². The molecule has 0 fully saturated rings. The molecule has 170 valence electrons. The van der Waals surface area contributed by atoms with Crippen molar-refractivity contribution in [2.75, 3.05) is 32.2 Å². The van der Waals surface area contributed by atoms with Crippen LogP contribution in [0, 0.1) is 0 Å². The van der Waals surface area contributed by atoms with Crippen molar-refractivity contribution in [3.05, 3.63) is 65.4 Å². The summed E-state index contributed by atoms with van der Waals surface area (Å²) >= 11 is 0. The number of alkyl halides is 3. The van der Waals surface area contributed by atoms with Crippen LogP contribution in [0.25, 0.3) is 5.57 Å². The lowest BCUT2D eigenvalue weighted by Gasteiger charge is -2.15. The average molecular weight is 448 g/mol. The third kappa shape index (κ3) is 5.11. The van der Waals surface area contributed by atoms with Gasteiger partial charge in [-0.05, 0) is 42.3 Å². The molecule has 32 heavy (non-hydrogen) atoms. The lowest BCUT2D eigenvalue weighted by atomic mass is 10.0. The van der Waals surface area contributed by atoms with Gasteiger partial charge in [0.1, 0.15) is 11.4 Å². The van der Waals surface area contributed by atoms with Crippen LogP contribution in [0.4, 0.5) is 18.9 Å². The van der Waals surface area contributed by atoms with E-state index >= 15 is 0 Å². The number of rotatable bonds is 9. The van der Waals surface area contributed by atoms with Gasteiger partial charge in [-0.2, -0.15) is 13.2 Å². The lowest BCUT2D eigenvalue weighted by Crippen LogP contribution is -2.35. The van der Waals surface area contributed by atoms with Gasteiger partial charge in [0, 0.05) is 12.8 Å². The summed E-state index contributed by atoms with van der Waals surface area (Å²) in [4.78, 5) is 27.0.